The summed E-state index contributed by atoms with van der Waals surface area (Å²) in [6, 6.07) is 0. The Morgan fingerprint density at radius 2 is 1.86 bits per heavy atom. The normalized spacial score (nSPS) is 39.0. The van der Waals surface area contributed by atoms with Gasteiger partial charge < -0.3 is 10.0 Å². The van der Waals surface area contributed by atoms with Crippen LogP contribution in [0.15, 0.2) is 23.3 Å². The van der Waals surface area contributed by atoms with Crippen molar-refractivity contribution in [2.24, 2.45) is 23.7 Å². The van der Waals surface area contributed by atoms with E-state index in [2.05, 4.69) is 17.1 Å². The maximum atomic E-state index is 9.92. The third-order valence-corrected chi connectivity index (χ3v) is 6.93. The molecule has 1 aliphatic heterocycles. The molecule has 4 atom stereocenters. The molecule has 0 aromatic heterocycles. The first-order chi connectivity index (χ1) is 10.9. The van der Waals surface area contributed by atoms with E-state index in [-0.39, 0.29) is 0 Å². The topological polar surface area (TPSA) is 23.5 Å². The molecule has 3 aliphatic carbocycles. The summed E-state index contributed by atoms with van der Waals surface area (Å²) in [5.41, 5.74) is 3.56. The van der Waals surface area contributed by atoms with Crippen LogP contribution in [0.1, 0.15) is 51.4 Å². The quantitative estimate of drug-likeness (QED) is 0.802. The van der Waals surface area contributed by atoms with Gasteiger partial charge in [0.25, 0.3) is 0 Å². The van der Waals surface area contributed by atoms with Crippen molar-refractivity contribution in [2.75, 3.05) is 26.2 Å². The number of piperidine rings is 1. The fourth-order valence-corrected chi connectivity index (χ4v) is 5.77. The molecule has 1 heterocycles. The van der Waals surface area contributed by atoms with Crippen molar-refractivity contribution >= 4 is 0 Å². The molecule has 4 rings (SSSR count). The van der Waals surface area contributed by atoms with Crippen molar-refractivity contribution in [2.45, 2.75) is 51.4 Å². The van der Waals surface area contributed by atoms with Gasteiger partial charge in [-0.25, -0.2) is 0 Å². The van der Waals surface area contributed by atoms with E-state index >= 15 is 0 Å². The number of rotatable bonds is 3. The van der Waals surface area contributed by atoms with Gasteiger partial charge in [-0.05, 0) is 81.7 Å². The van der Waals surface area contributed by atoms with E-state index in [1.807, 2.05) is 0 Å². The number of hydrogen-bond acceptors (Lipinski definition) is 2. The Morgan fingerprint density at radius 1 is 1.05 bits per heavy atom. The fraction of sp³-hybridized carbons (Fsp3) is 0.800. The Morgan fingerprint density at radius 3 is 2.68 bits per heavy atom. The highest BCUT2D eigenvalue weighted by molar-refractivity contribution is 5.33. The van der Waals surface area contributed by atoms with Gasteiger partial charge in [0.15, 0.2) is 0 Å². The molecule has 1 N–H and O–H groups in total. The van der Waals surface area contributed by atoms with E-state index in [1.165, 1.54) is 71.0 Å². The molecule has 0 amide bonds. The predicted octanol–water partition coefficient (Wildman–Crippen LogP) is 3.77. The van der Waals surface area contributed by atoms with Crippen molar-refractivity contribution in [3.63, 3.8) is 0 Å². The average Bonchev–Trinajstić information content (AvgIpc) is 2.95. The molecule has 4 unspecified atom stereocenters. The first-order valence-electron chi connectivity index (χ1n) is 9.56. The first-order valence-corrected chi connectivity index (χ1v) is 9.56. The minimum atomic E-state index is 0.407. The van der Waals surface area contributed by atoms with E-state index < -0.39 is 0 Å². The molecule has 0 aromatic carbocycles. The number of likely N-dealkylation sites (tertiary alicyclic amines) is 1. The zero-order valence-corrected chi connectivity index (χ0v) is 13.8. The third kappa shape index (κ3) is 2.69. The Bertz CT molecular complexity index is 460. The summed E-state index contributed by atoms with van der Waals surface area (Å²) < 4.78 is 0. The molecule has 122 valence electrons. The molecule has 0 spiro atoms. The van der Waals surface area contributed by atoms with Crippen LogP contribution < -0.4 is 0 Å². The number of nitrogens with zero attached hydrogens (tertiary/aromatic N) is 1. The molecule has 4 aliphatic rings. The highest BCUT2D eigenvalue weighted by Gasteiger charge is 2.45. The summed E-state index contributed by atoms with van der Waals surface area (Å²) in [6.07, 6.45) is 15.3. The van der Waals surface area contributed by atoms with Gasteiger partial charge in [-0.3, -0.25) is 0 Å². The Balaban J connectivity index is 1.50. The lowest BCUT2D eigenvalue weighted by molar-refractivity contribution is 0.0367. The Hall–Kier alpha value is -0.600. The summed E-state index contributed by atoms with van der Waals surface area (Å²) >= 11 is 0. The minimum Gasteiger partial charge on any atom is -0.396 e. The second kappa shape index (κ2) is 6.49. The molecule has 0 bridgehead atoms. The van der Waals surface area contributed by atoms with Gasteiger partial charge >= 0.3 is 0 Å². The van der Waals surface area contributed by atoms with Crippen LogP contribution in [-0.4, -0.2) is 36.2 Å². The summed E-state index contributed by atoms with van der Waals surface area (Å²) in [4.78, 5) is 2.70. The first kappa shape index (κ1) is 15.0. The van der Waals surface area contributed by atoms with E-state index in [0.29, 0.717) is 12.5 Å². The molecule has 2 nitrogen and oxygen atoms in total. The number of aliphatic hydroxyl groups is 1. The van der Waals surface area contributed by atoms with Gasteiger partial charge in [0.1, 0.15) is 0 Å². The van der Waals surface area contributed by atoms with Crippen LogP contribution in [0.25, 0.3) is 0 Å². The van der Waals surface area contributed by atoms with Crippen LogP contribution in [0.4, 0.5) is 0 Å². The van der Waals surface area contributed by atoms with Crippen molar-refractivity contribution in [3.8, 4) is 0 Å². The molecule has 0 aromatic rings. The maximum Gasteiger partial charge on any atom is 0.0462 e. The molecule has 1 saturated heterocycles. The van der Waals surface area contributed by atoms with Crippen molar-refractivity contribution in [1.82, 2.24) is 4.90 Å². The van der Waals surface area contributed by atoms with Gasteiger partial charge in [0, 0.05) is 13.2 Å². The number of aliphatic hydroxyl groups excluding tert-OH is 1. The minimum absolute atomic E-state index is 0.407. The summed E-state index contributed by atoms with van der Waals surface area (Å²) in [7, 11) is 0. The Labute approximate surface area is 135 Å². The lowest BCUT2D eigenvalue weighted by Crippen LogP contribution is -2.44. The molecular formula is C20H31NO. The Kier molecular flexibility index (Phi) is 4.41. The van der Waals surface area contributed by atoms with Gasteiger partial charge in [-0.1, -0.05) is 29.7 Å². The SMILES string of the molecule is OCC1CCC2C3=C(CC=CC3)CC2C1CN1CCCCC1. The molecule has 2 fully saturated rings. The molecule has 22 heavy (non-hydrogen) atoms. The molecule has 0 radical (unpaired) electrons. The van der Waals surface area contributed by atoms with Crippen LogP contribution in [0, 0.1) is 23.7 Å². The van der Waals surface area contributed by atoms with Gasteiger partial charge in [-0.15, -0.1) is 0 Å². The van der Waals surface area contributed by atoms with E-state index in [0.717, 1.165) is 17.8 Å². The third-order valence-electron chi connectivity index (χ3n) is 6.93. The summed E-state index contributed by atoms with van der Waals surface area (Å²) in [5, 5.41) is 9.92. The van der Waals surface area contributed by atoms with Crippen molar-refractivity contribution in [1.29, 1.82) is 0 Å². The molecular weight excluding hydrogens is 270 g/mol. The van der Waals surface area contributed by atoms with Crippen molar-refractivity contribution < 1.29 is 5.11 Å². The summed E-state index contributed by atoms with van der Waals surface area (Å²) in [6.45, 7) is 4.24. The second-order valence-electron chi connectivity index (χ2n) is 8.03. The largest absolute Gasteiger partial charge is 0.396 e. The van der Waals surface area contributed by atoms with Crippen LogP contribution in [0.3, 0.4) is 0 Å². The van der Waals surface area contributed by atoms with Crippen LogP contribution >= 0.6 is 0 Å². The number of hydrogen-bond donors (Lipinski definition) is 1. The average molecular weight is 301 g/mol. The lowest BCUT2D eigenvalue weighted by Gasteiger charge is -2.43. The van der Waals surface area contributed by atoms with E-state index in [1.54, 1.807) is 11.1 Å². The molecule has 2 heteroatoms. The fourth-order valence-electron chi connectivity index (χ4n) is 5.77. The van der Waals surface area contributed by atoms with Gasteiger partial charge in [0.2, 0.25) is 0 Å². The van der Waals surface area contributed by atoms with Crippen LogP contribution in [-0.2, 0) is 0 Å². The smallest absolute Gasteiger partial charge is 0.0462 e. The lowest BCUT2D eigenvalue weighted by atomic mass is 9.66. The standard InChI is InChI=1S/C20H31NO/c22-14-16-8-9-18-17-7-3-2-6-15(17)12-19(18)20(16)13-21-10-4-1-5-11-21/h2-3,16,18-20,22H,1,4-14H2. The zero-order valence-electron chi connectivity index (χ0n) is 13.8. The second-order valence-corrected chi connectivity index (χ2v) is 8.03. The monoisotopic (exact) mass is 301 g/mol. The maximum absolute atomic E-state index is 9.92. The number of allylic oxidation sites excluding steroid dienone is 4. The van der Waals surface area contributed by atoms with E-state index in [9.17, 15) is 5.11 Å². The number of fused-ring (bicyclic) bond motifs is 2. The van der Waals surface area contributed by atoms with Crippen LogP contribution in [0.2, 0.25) is 0 Å². The van der Waals surface area contributed by atoms with Crippen LogP contribution in [0.5, 0.6) is 0 Å². The van der Waals surface area contributed by atoms with Gasteiger partial charge in [-0.2, -0.15) is 0 Å². The highest BCUT2D eigenvalue weighted by Crippen LogP contribution is 2.53. The zero-order chi connectivity index (χ0) is 14.9. The van der Waals surface area contributed by atoms with Crippen molar-refractivity contribution in [3.05, 3.63) is 23.3 Å². The van der Waals surface area contributed by atoms with E-state index in [4.69, 9.17) is 0 Å². The summed E-state index contributed by atoms with van der Waals surface area (Å²) in [5.74, 6) is 2.96. The molecule has 1 saturated carbocycles. The predicted molar refractivity (Wildman–Crippen MR) is 90.6 cm³/mol. The van der Waals surface area contributed by atoms with Gasteiger partial charge in [0.05, 0.1) is 0 Å². The highest BCUT2D eigenvalue weighted by atomic mass is 16.3.